The zero-order valence-corrected chi connectivity index (χ0v) is 6.69. The van der Waals surface area contributed by atoms with Crippen molar-refractivity contribution in [3.05, 3.63) is 0 Å². The lowest BCUT2D eigenvalue weighted by molar-refractivity contribution is 0.0668. The van der Waals surface area contributed by atoms with E-state index in [0.29, 0.717) is 6.61 Å². The number of alkyl halides is 1. The first kappa shape index (κ1) is 9.56. The van der Waals surface area contributed by atoms with Crippen LogP contribution in [-0.2, 0) is 9.47 Å². The van der Waals surface area contributed by atoms with E-state index in [9.17, 15) is 4.79 Å². The molecule has 0 spiro atoms. The van der Waals surface area contributed by atoms with Crippen LogP contribution in [0.4, 0.5) is 4.79 Å². The Morgan fingerprint density at radius 1 is 1.50 bits per heavy atom. The fraction of sp³-hybridized carbons (Fsp3) is 0.833. The predicted molar refractivity (Wildman–Crippen MR) is 38.1 cm³/mol. The number of rotatable bonds is 4. The molecule has 0 bridgehead atoms. The second-order valence-electron chi connectivity index (χ2n) is 1.71. The summed E-state index contributed by atoms with van der Waals surface area (Å²) in [6.45, 7) is 2.42. The Balaban J connectivity index is 3.05. The van der Waals surface area contributed by atoms with Gasteiger partial charge in [-0.05, 0) is 6.42 Å². The molecule has 0 aliphatic carbocycles. The molecule has 0 aromatic rings. The van der Waals surface area contributed by atoms with Gasteiger partial charge in [0.25, 0.3) is 0 Å². The number of carbonyl (C=O) groups excluding carboxylic acids is 1. The van der Waals surface area contributed by atoms with E-state index in [1.807, 2.05) is 6.92 Å². The molecule has 0 aromatic heterocycles. The van der Waals surface area contributed by atoms with Crippen molar-refractivity contribution < 1.29 is 14.3 Å². The number of unbranched alkanes of at least 4 members (excludes halogenated alkanes) is 1. The van der Waals surface area contributed by atoms with Crippen molar-refractivity contribution in [1.82, 2.24) is 0 Å². The minimum absolute atomic E-state index is 0.148. The minimum atomic E-state index is -0.691. The van der Waals surface area contributed by atoms with Gasteiger partial charge in [-0.2, -0.15) is 0 Å². The van der Waals surface area contributed by atoms with Crippen LogP contribution in [0.2, 0.25) is 0 Å². The van der Waals surface area contributed by atoms with Gasteiger partial charge in [-0.1, -0.05) is 24.9 Å². The Bertz CT molecular complexity index is 95.0. The number of ether oxygens (including phenoxy) is 2. The maximum Gasteiger partial charge on any atom is 0.509 e. The molecule has 0 rings (SSSR count). The van der Waals surface area contributed by atoms with Gasteiger partial charge in [0.1, 0.15) is 0 Å². The highest BCUT2D eigenvalue weighted by molar-refractivity contribution is 6.17. The second kappa shape index (κ2) is 6.68. The monoisotopic (exact) mass is 166 g/mol. The number of hydrogen-bond acceptors (Lipinski definition) is 3. The lowest BCUT2D eigenvalue weighted by Crippen LogP contribution is -2.06. The molecule has 0 aliphatic heterocycles. The first-order valence-electron chi connectivity index (χ1n) is 3.16. The van der Waals surface area contributed by atoms with Gasteiger partial charge in [0, 0.05) is 0 Å². The maximum absolute atomic E-state index is 10.4. The molecule has 0 unspecified atom stereocenters. The molecule has 0 radical (unpaired) electrons. The van der Waals surface area contributed by atoms with Crippen LogP contribution in [0, 0.1) is 0 Å². The van der Waals surface area contributed by atoms with Crippen molar-refractivity contribution in [1.29, 1.82) is 0 Å². The van der Waals surface area contributed by atoms with Crippen molar-refractivity contribution >= 4 is 17.8 Å². The Labute approximate surface area is 65.3 Å². The standard InChI is InChI=1S/C6H11ClO3/c1-2-3-4-9-6(8)10-5-7/h2-5H2,1H3. The highest BCUT2D eigenvalue weighted by atomic mass is 35.5. The van der Waals surface area contributed by atoms with E-state index >= 15 is 0 Å². The first-order chi connectivity index (χ1) is 4.81. The van der Waals surface area contributed by atoms with Crippen molar-refractivity contribution in [2.75, 3.05) is 12.7 Å². The van der Waals surface area contributed by atoms with Gasteiger partial charge >= 0.3 is 6.16 Å². The van der Waals surface area contributed by atoms with E-state index < -0.39 is 6.16 Å². The summed E-state index contributed by atoms with van der Waals surface area (Å²) in [5.41, 5.74) is 0. The van der Waals surface area contributed by atoms with Crippen LogP contribution in [0.15, 0.2) is 0 Å². The molecule has 0 saturated carbocycles. The normalized spacial score (nSPS) is 9.00. The Hall–Kier alpha value is -0.440. The molecular formula is C6H11ClO3. The maximum atomic E-state index is 10.4. The molecular weight excluding hydrogens is 156 g/mol. The van der Waals surface area contributed by atoms with Crippen LogP contribution in [0.1, 0.15) is 19.8 Å². The average molecular weight is 167 g/mol. The van der Waals surface area contributed by atoms with Gasteiger partial charge in [0.2, 0.25) is 0 Å². The van der Waals surface area contributed by atoms with Gasteiger partial charge in [0.05, 0.1) is 6.61 Å². The van der Waals surface area contributed by atoms with Crippen LogP contribution in [0.3, 0.4) is 0 Å². The number of halogens is 1. The van der Waals surface area contributed by atoms with Crippen molar-refractivity contribution in [3.63, 3.8) is 0 Å². The number of hydrogen-bond donors (Lipinski definition) is 0. The van der Waals surface area contributed by atoms with Crippen LogP contribution < -0.4 is 0 Å². The summed E-state index contributed by atoms with van der Waals surface area (Å²) in [5, 5.41) is 0. The molecule has 10 heavy (non-hydrogen) atoms. The van der Waals surface area contributed by atoms with E-state index in [0.717, 1.165) is 12.8 Å². The van der Waals surface area contributed by atoms with Crippen LogP contribution in [-0.4, -0.2) is 18.8 Å². The lowest BCUT2D eigenvalue weighted by Gasteiger charge is -2.01. The van der Waals surface area contributed by atoms with Gasteiger partial charge in [-0.15, -0.1) is 0 Å². The highest BCUT2D eigenvalue weighted by Gasteiger charge is 1.99. The summed E-state index contributed by atoms with van der Waals surface area (Å²) in [6, 6.07) is -0.148. The topological polar surface area (TPSA) is 35.5 Å². The first-order valence-corrected chi connectivity index (χ1v) is 3.70. The van der Waals surface area contributed by atoms with E-state index in [2.05, 4.69) is 9.47 Å². The molecule has 0 amide bonds. The summed E-state index contributed by atoms with van der Waals surface area (Å²) in [6.07, 6.45) is 1.16. The van der Waals surface area contributed by atoms with E-state index in [4.69, 9.17) is 11.6 Å². The van der Waals surface area contributed by atoms with Crippen molar-refractivity contribution in [3.8, 4) is 0 Å². The molecule has 60 valence electrons. The lowest BCUT2D eigenvalue weighted by atomic mass is 10.4. The largest absolute Gasteiger partial charge is 0.509 e. The van der Waals surface area contributed by atoms with Crippen LogP contribution >= 0.6 is 11.6 Å². The molecule has 0 aliphatic rings. The highest BCUT2D eigenvalue weighted by Crippen LogP contribution is 1.91. The minimum Gasteiger partial charge on any atom is -0.434 e. The van der Waals surface area contributed by atoms with Gasteiger partial charge in [0.15, 0.2) is 6.07 Å². The fourth-order valence-corrected chi connectivity index (χ4v) is 0.475. The summed E-state index contributed by atoms with van der Waals surface area (Å²) in [5.74, 6) is 0. The van der Waals surface area contributed by atoms with E-state index in [1.54, 1.807) is 0 Å². The average Bonchev–Trinajstić information content (AvgIpc) is 1.89. The van der Waals surface area contributed by atoms with Gasteiger partial charge in [-0.3, -0.25) is 0 Å². The summed E-state index contributed by atoms with van der Waals surface area (Å²) in [4.78, 5) is 10.4. The molecule has 3 nitrogen and oxygen atoms in total. The van der Waals surface area contributed by atoms with Crippen LogP contribution in [0.25, 0.3) is 0 Å². The molecule has 0 N–H and O–H groups in total. The molecule has 0 atom stereocenters. The quantitative estimate of drug-likeness (QED) is 0.365. The van der Waals surface area contributed by atoms with Crippen LogP contribution in [0.5, 0.6) is 0 Å². The third-order valence-corrected chi connectivity index (χ3v) is 0.999. The molecule has 0 saturated heterocycles. The van der Waals surface area contributed by atoms with Gasteiger partial charge in [-0.25, -0.2) is 4.79 Å². The smallest absolute Gasteiger partial charge is 0.434 e. The van der Waals surface area contributed by atoms with E-state index in [-0.39, 0.29) is 6.07 Å². The summed E-state index contributed by atoms with van der Waals surface area (Å²) >= 11 is 5.09. The van der Waals surface area contributed by atoms with Crippen molar-refractivity contribution in [2.45, 2.75) is 19.8 Å². The summed E-state index contributed by atoms with van der Waals surface area (Å²) < 4.78 is 8.87. The SMILES string of the molecule is CCCCOC(=O)OCCl. The Kier molecular flexibility index (Phi) is 6.38. The van der Waals surface area contributed by atoms with E-state index in [1.165, 1.54) is 0 Å². The predicted octanol–water partition coefficient (Wildman–Crippen LogP) is 2.14. The molecule has 0 aromatic carbocycles. The molecule has 0 heterocycles. The number of carbonyl (C=O) groups is 1. The second-order valence-corrected chi connectivity index (χ2v) is 1.92. The molecule has 4 heteroatoms. The van der Waals surface area contributed by atoms with Gasteiger partial charge < -0.3 is 9.47 Å². The Morgan fingerprint density at radius 2 is 2.20 bits per heavy atom. The van der Waals surface area contributed by atoms with Crippen molar-refractivity contribution in [2.24, 2.45) is 0 Å². The zero-order chi connectivity index (χ0) is 7.82. The summed E-state index contributed by atoms with van der Waals surface area (Å²) in [7, 11) is 0. The third-order valence-electron chi connectivity index (χ3n) is 0.890. The third kappa shape index (κ3) is 5.69. The Morgan fingerprint density at radius 3 is 2.70 bits per heavy atom. The fourth-order valence-electron chi connectivity index (χ4n) is 0.386. The zero-order valence-electron chi connectivity index (χ0n) is 5.93. The molecule has 0 fully saturated rings.